The Labute approximate surface area is 213 Å². The van der Waals surface area contributed by atoms with Gasteiger partial charge >= 0.3 is 12.5 Å². The van der Waals surface area contributed by atoms with E-state index in [0.717, 1.165) is 50.9 Å². The average molecular weight is 514 g/mol. The fourth-order valence-corrected chi connectivity index (χ4v) is 5.43. The smallest absolute Gasteiger partial charge is 0.444 e. The molecule has 0 bridgehead atoms. The van der Waals surface area contributed by atoms with Crippen molar-refractivity contribution < 1.29 is 27.4 Å². The Kier molecular flexibility index (Phi) is 8.87. The maximum Gasteiger partial charge on any atom is 0.573 e. The molecule has 0 N–H and O–H groups in total. The number of hydrogen-bond acceptors (Lipinski definition) is 5. The first-order valence-electron chi connectivity index (χ1n) is 13.1. The number of halogens is 3. The van der Waals surface area contributed by atoms with Crippen molar-refractivity contribution in [1.29, 1.82) is 0 Å². The SMILES string of the molecule is CCCC(c1ccc(OC(F)(F)F)cc1)N1CCN(C2(C)CCN(C(=O)OC(C)(C)C)CC2)CC1C. The molecule has 2 fully saturated rings. The van der Waals surface area contributed by atoms with Gasteiger partial charge in [0.1, 0.15) is 11.4 Å². The van der Waals surface area contributed by atoms with Crippen LogP contribution >= 0.6 is 0 Å². The summed E-state index contributed by atoms with van der Waals surface area (Å²) >= 11 is 0. The number of amides is 1. The lowest BCUT2D eigenvalue weighted by molar-refractivity contribution is -0.274. The first kappa shape index (κ1) is 28.6. The van der Waals surface area contributed by atoms with Crippen LogP contribution in [0.2, 0.25) is 0 Å². The van der Waals surface area contributed by atoms with Crippen LogP contribution in [-0.4, -0.2) is 77.1 Å². The van der Waals surface area contributed by atoms with Crippen molar-refractivity contribution in [3.8, 4) is 5.75 Å². The number of piperidine rings is 1. The van der Waals surface area contributed by atoms with Gasteiger partial charge < -0.3 is 14.4 Å². The molecule has 2 aliphatic rings. The molecule has 0 saturated carbocycles. The first-order valence-corrected chi connectivity index (χ1v) is 13.1. The molecular formula is C27H42F3N3O3. The van der Waals surface area contributed by atoms with Crippen LogP contribution in [0.4, 0.5) is 18.0 Å². The molecule has 0 aromatic heterocycles. The Morgan fingerprint density at radius 1 is 1.08 bits per heavy atom. The Morgan fingerprint density at radius 3 is 2.19 bits per heavy atom. The molecule has 1 amide bonds. The lowest BCUT2D eigenvalue weighted by Gasteiger charge is -2.52. The van der Waals surface area contributed by atoms with Gasteiger partial charge in [0.25, 0.3) is 0 Å². The van der Waals surface area contributed by atoms with E-state index in [2.05, 4.69) is 35.3 Å². The van der Waals surface area contributed by atoms with Gasteiger partial charge in [-0.15, -0.1) is 13.2 Å². The summed E-state index contributed by atoms with van der Waals surface area (Å²) in [6.07, 6.45) is -1.20. The zero-order valence-corrected chi connectivity index (χ0v) is 22.5. The van der Waals surface area contributed by atoms with Crippen LogP contribution in [-0.2, 0) is 4.74 Å². The van der Waals surface area contributed by atoms with Gasteiger partial charge in [0.05, 0.1) is 0 Å². The number of rotatable bonds is 6. The third-order valence-corrected chi connectivity index (χ3v) is 7.40. The highest BCUT2D eigenvalue weighted by Crippen LogP contribution is 2.36. The van der Waals surface area contributed by atoms with E-state index in [-0.39, 0.29) is 23.4 Å². The zero-order valence-electron chi connectivity index (χ0n) is 22.5. The van der Waals surface area contributed by atoms with E-state index in [0.29, 0.717) is 19.1 Å². The Balaban J connectivity index is 1.61. The number of piperazine rings is 1. The highest BCUT2D eigenvalue weighted by atomic mass is 19.4. The predicted molar refractivity (Wildman–Crippen MR) is 134 cm³/mol. The van der Waals surface area contributed by atoms with Crippen molar-refractivity contribution in [3.05, 3.63) is 29.8 Å². The summed E-state index contributed by atoms with van der Waals surface area (Å²) in [6.45, 7) is 16.4. The van der Waals surface area contributed by atoms with E-state index < -0.39 is 12.0 Å². The first-order chi connectivity index (χ1) is 16.7. The summed E-state index contributed by atoms with van der Waals surface area (Å²) in [4.78, 5) is 19.3. The van der Waals surface area contributed by atoms with Crippen molar-refractivity contribution >= 4 is 6.09 Å². The molecule has 36 heavy (non-hydrogen) atoms. The van der Waals surface area contributed by atoms with Crippen molar-refractivity contribution in [2.45, 2.75) is 96.8 Å². The van der Waals surface area contributed by atoms with E-state index in [1.807, 2.05) is 25.7 Å². The van der Waals surface area contributed by atoms with Gasteiger partial charge in [0.15, 0.2) is 0 Å². The number of nitrogens with zero attached hydrogens (tertiary/aromatic N) is 3. The Hall–Kier alpha value is -2.00. The van der Waals surface area contributed by atoms with Crippen molar-refractivity contribution in [3.63, 3.8) is 0 Å². The number of carbonyl (C=O) groups is 1. The molecule has 2 aliphatic heterocycles. The quantitative estimate of drug-likeness (QED) is 0.452. The van der Waals surface area contributed by atoms with Crippen LogP contribution in [0, 0.1) is 0 Å². The second-order valence-electron chi connectivity index (χ2n) is 11.4. The lowest BCUT2D eigenvalue weighted by Crippen LogP contribution is -2.62. The molecule has 0 aliphatic carbocycles. The Bertz CT molecular complexity index is 862. The fourth-order valence-electron chi connectivity index (χ4n) is 5.43. The van der Waals surface area contributed by atoms with Gasteiger partial charge in [0.2, 0.25) is 0 Å². The summed E-state index contributed by atoms with van der Waals surface area (Å²) in [5, 5.41) is 0. The number of ether oxygens (including phenoxy) is 2. The van der Waals surface area contributed by atoms with Crippen LogP contribution < -0.4 is 4.74 Å². The standard InChI is InChI=1S/C27H42F3N3O3/c1-7-8-23(21-9-11-22(12-10-21)35-27(28,29)30)33-18-17-32(19-20(33)2)26(6)13-15-31(16-14-26)24(34)36-25(3,4)5/h9-12,20,23H,7-8,13-19H2,1-6H3. The van der Waals surface area contributed by atoms with Gasteiger partial charge in [-0.3, -0.25) is 9.80 Å². The molecule has 3 rings (SSSR count). The Morgan fingerprint density at radius 2 is 1.69 bits per heavy atom. The second kappa shape index (κ2) is 11.2. The number of alkyl halides is 3. The van der Waals surface area contributed by atoms with Crippen molar-refractivity contribution in [1.82, 2.24) is 14.7 Å². The third-order valence-electron chi connectivity index (χ3n) is 7.40. The number of hydrogen-bond donors (Lipinski definition) is 0. The average Bonchev–Trinajstić information content (AvgIpc) is 2.76. The molecule has 0 spiro atoms. The number of benzene rings is 1. The number of carbonyl (C=O) groups excluding carboxylic acids is 1. The zero-order chi connectivity index (χ0) is 26.7. The van der Waals surface area contributed by atoms with E-state index >= 15 is 0 Å². The normalized spacial score (nSPS) is 22.8. The molecule has 1 aromatic carbocycles. The molecule has 2 unspecified atom stereocenters. The lowest BCUT2D eigenvalue weighted by atomic mass is 9.86. The van der Waals surface area contributed by atoms with Crippen LogP contribution in [0.3, 0.4) is 0 Å². The van der Waals surface area contributed by atoms with Crippen LogP contribution in [0.5, 0.6) is 5.75 Å². The fraction of sp³-hybridized carbons (Fsp3) is 0.741. The molecule has 9 heteroatoms. The molecule has 6 nitrogen and oxygen atoms in total. The van der Waals surface area contributed by atoms with Gasteiger partial charge in [0, 0.05) is 50.3 Å². The minimum Gasteiger partial charge on any atom is -0.444 e. The third kappa shape index (κ3) is 7.51. The second-order valence-corrected chi connectivity index (χ2v) is 11.4. The molecule has 1 aromatic rings. The number of likely N-dealkylation sites (tertiary alicyclic amines) is 1. The van der Waals surface area contributed by atoms with E-state index in [1.165, 1.54) is 12.1 Å². The van der Waals surface area contributed by atoms with Crippen molar-refractivity contribution in [2.24, 2.45) is 0 Å². The molecule has 2 atom stereocenters. The largest absolute Gasteiger partial charge is 0.573 e. The van der Waals surface area contributed by atoms with Gasteiger partial charge in [-0.25, -0.2) is 4.79 Å². The van der Waals surface area contributed by atoms with Crippen LogP contribution in [0.1, 0.15) is 78.8 Å². The van der Waals surface area contributed by atoms with Gasteiger partial charge in [-0.1, -0.05) is 25.5 Å². The summed E-state index contributed by atoms with van der Waals surface area (Å²) in [5.41, 5.74) is 0.545. The molecular weight excluding hydrogens is 471 g/mol. The summed E-state index contributed by atoms with van der Waals surface area (Å²) in [5.74, 6) is -0.190. The van der Waals surface area contributed by atoms with Crippen molar-refractivity contribution in [2.75, 3.05) is 32.7 Å². The molecule has 0 radical (unpaired) electrons. The maximum atomic E-state index is 12.6. The van der Waals surface area contributed by atoms with Gasteiger partial charge in [-0.2, -0.15) is 0 Å². The molecule has 2 saturated heterocycles. The monoisotopic (exact) mass is 513 g/mol. The van der Waals surface area contributed by atoms with E-state index in [9.17, 15) is 18.0 Å². The summed E-state index contributed by atoms with van der Waals surface area (Å²) in [7, 11) is 0. The molecule has 204 valence electrons. The topological polar surface area (TPSA) is 45.2 Å². The summed E-state index contributed by atoms with van der Waals surface area (Å²) < 4.78 is 47.2. The summed E-state index contributed by atoms with van der Waals surface area (Å²) in [6, 6.07) is 6.77. The minimum absolute atomic E-state index is 0.0235. The van der Waals surface area contributed by atoms with Crippen LogP contribution in [0.15, 0.2) is 24.3 Å². The molecule has 2 heterocycles. The maximum absolute atomic E-state index is 12.6. The van der Waals surface area contributed by atoms with E-state index in [1.54, 1.807) is 12.1 Å². The highest BCUT2D eigenvalue weighted by molar-refractivity contribution is 5.68. The van der Waals surface area contributed by atoms with E-state index in [4.69, 9.17) is 4.74 Å². The van der Waals surface area contributed by atoms with Gasteiger partial charge in [-0.05, 0) is 71.6 Å². The minimum atomic E-state index is -4.69. The highest BCUT2D eigenvalue weighted by Gasteiger charge is 2.41. The predicted octanol–water partition coefficient (Wildman–Crippen LogP) is 6.22. The van der Waals surface area contributed by atoms with Crippen LogP contribution in [0.25, 0.3) is 0 Å².